The Kier molecular flexibility index (Phi) is 5.89. The number of nitrogens with zero attached hydrogens (tertiary/aromatic N) is 2. The van der Waals surface area contributed by atoms with Crippen LogP contribution in [0.2, 0.25) is 0 Å². The lowest BCUT2D eigenvalue weighted by Gasteiger charge is -2.13. The first-order valence-corrected chi connectivity index (χ1v) is 19.2. The van der Waals surface area contributed by atoms with E-state index < -0.39 is 0 Å². The maximum Gasteiger partial charge on any atom is 0.143 e. The lowest BCUT2D eigenvalue weighted by atomic mass is 9.94. The van der Waals surface area contributed by atoms with Crippen molar-refractivity contribution in [1.82, 2.24) is 9.55 Å². The Morgan fingerprint density at radius 1 is 0.411 bits per heavy atom. The fourth-order valence-corrected chi connectivity index (χ4v) is 9.66. The number of hydrogen-bond acceptors (Lipinski definition) is 2. The predicted molar refractivity (Wildman–Crippen MR) is 234 cm³/mol. The standard InChI is InChI=1S/C53H30N2O/c1-3-15-49-38(8-1)43-25-26-48-45(14-7-27-54-48)52(43)55(49)35-21-19-31(20-22-35)36-23-24-42-47-30-34-28-33(18-17-32(34)29-46(47)41-12-6-11-40(36)51(41)42)37-10-5-13-44-39-9-2-4-16-50(39)56-53(37)44/h1-30H. The van der Waals surface area contributed by atoms with Crippen LogP contribution in [-0.2, 0) is 0 Å². The van der Waals surface area contributed by atoms with Crippen molar-refractivity contribution in [2.45, 2.75) is 0 Å². The van der Waals surface area contributed by atoms with E-state index in [-0.39, 0.29) is 0 Å². The summed E-state index contributed by atoms with van der Waals surface area (Å²) in [4.78, 5) is 4.69. The zero-order valence-electron chi connectivity index (χ0n) is 30.1. The van der Waals surface area contributed by atoms with Crippen LogP contribution in [-0.4, -0.2) is 9.55 Å². The maximum atomic E-state index is 6.42. The third-order valence-electron chi connectivity index (χ3n) is 12.2. The topological polar surface area (TPSA) is 31.0 Å². The molecule has 0 amide bonds. The molecular formula is C53H30N2O. The first-order chi connectivity index (χ1) is 27.8. The van der Waals surface area contributed by atoms with Crippen molar-refractivity contribution in [1.29, 1.82) is 0 Å². The molecule has 0 saturated carbocycles. The van der Waals surface area contributed by atoms with Gasteiger partial charge in [0.25, 0.3) is 0 Å². The summed E-state index contributed by atoms with van der Waals surface area (Å²) in [5, 5.41) is 11.0. The molecule has 56 heavy (non-hydrogen) atoms. The predicted octanol–water partition coefficient (Wildman–Crippen LogP) is 14.5. The summed E-state index contributed by atoms with van der Waals surface area (Å²) in [7, 11) is 0. The Balaban J connectivity index is 0.929. The van der Waals surface area contributed by atoms with Gasteiger partial charge in [-0.25, -0.2) is 0 Å². The summed E-state index contributed by atoms with van der Waals surface area (Å²) in [6, 6.07) is 64.2. The van der Waals surface area contributed by atoms with Crippen LogP contribution in [0.1, 0.15) is 0 Å². The number of benzene rings is 9. The van der Waals surface area contributed by atoms with Gasteiger partial charge in [0.05, 0.1) is 16.6 Å². The van der Waals surface area contributed by atoms with Gasteiger partial charge in [-0.1, -0.05) is 115 Å². The highest BCUT2D eigenvalue weighted by molar-refractivity contribution is 6.21. The molecule has 3 nitrogen and oxygen atoms in total. The van der Waals surface area contributed by atoms with Crippen LogP contribution in [0.5, 0.6) is 0 Å². The Morgan fingerprint density at radius 2 is 1.12 bits per heavy atom. The summed E-state index contributed by atoms with van der Waals surface area (Å²) in [6.07, 6.45) is 1.87. The van der Waals surface area contributed by atoms with Crippen molar-refractivity contribution in [3.05, 3.63) is 182 Å². The molecule has 258 valence electrons. The summed E-state index contributed by atoms with van der Waals surface area (Å²) in [6.45, 7) is 0. The average Bonchev–Trinajstić information content (AvgIpc) is 3.92. The van der Waals surface area contributed by atoms with Crippen LogP contribution >= 0.6 is 0 Å². The van der Waals surface area contributed by atoms with Gasteiger partial charge in [-0.05, 0) is 121 Å². The van der Waals surface area contributed by atoms with Crippen molar-refractivity contribution < 1.29 is 4.42 Å². The fraction of sp³-hybridized carbons (Fsp3) is 0. The monoisotopic (exact) mass is 710 g/mol. The quantitative estimate of drug-likeness (QED) is 0.183. The molecule has 3 heterocycles. The number of fused-ring (bicyclic) bond motifs is 12. The maximum absolute atomic E-state index is 6.42. The fourth-order valence-electron chi connectivity index (χ4n) is 9.66. The summed E-state index contributed by atoms with van der Waals surface area (Å²) >= 11 is 0. The molecule has 0 radical (unpaired) electrons. The normalized spacial score (nSPS) is 12.3. The smallest absolute Gasteiger partial charge is 0.143 e. The number of para-hydroxylation sites is 3. The molecule has 0 fully saturated rings. The first kappa shape index (κ1) is 29.9. The van der Waals surface area contributed by atoms with E-state index in [1.54, 1.807) is 0 Å². The van der Waals surface area contributed by atoms with Crippen molar-refractivity contribution >= 4 is 76.2 Å². The molecule has 13 rings (SSSR count). The van der Waals surface area contributed by atoms with Gasteiger partial charge in [-0.15, -0.1) is 0 Å². The number of aromatic nitrogens is 2. The number of pyridine rings is 1. The third-order valence-corrected chi connectivity index (χ3v) is 12.2. The van der Waals surface area contributed by atoms with Gasteiger partial charge in [0.15, 0.2) is 0 Å². The van der Waals surface area contributed by atoms with Crippen molar-refractivity contribution in [2.75, 3.05) is 0 Å². The molecule has 0 saturated heterocycles. The lowest BCUT2D eigenvalue weighted by molar-refractivity contribution is 0.670. The molecule has 1 aliphatic rings. The van der Waals surface area contributed by atoms with Crippen LogP contribution in [0, 0.1) is 0 Å². The van der Waals surface area contributed by atoms with Crippen LogP contribution < -0.4 is 0 Å². The van der Waals surface area contributed by atoms with Crippen molar-refractivity contribution in [3.63, 3.8) is 0 Å². The van der Waals surface area contributed by atoms with Gasteiger partial charge in [-0.2, -0.15) is 0 Å². The van der Waals surface area contributed by atoms with Gasteiger partial charge < -0.3 is 8.98 Å². The van der Waals surface area contributed by atoms with E-state index in [1.165, 1.54) is 76.7 Å². The Hall–Kier alpha value is -7.49. The van der Waals surface area contributed by atoms with E-state index >= 15 is 0 Å². The first-order valence-electron chi connectivity index (χ1n) is 19.2. The van der Waals surface area contributed by atoms with Gasteiger partial charge in [0.2, 0.25) is 0 Å². The van der Waals surface area contributed by atoms with E-state index in [2.05, 4.69) is 167 Å². The minimum Gasteiger partial charge on any atom is -0.455 e. The minimum atomic E-state index is 0.921. The molecule has 0 bridgehead atoms. The zero-order valence-corrected chi connectivity index (χ0v) is 30.1. The average molecular weight is 711 g/mol. The Morgan fingerprint density at radius 3 is 2.04 bits per heavy atom. The van der Waals surface area contributed by atoms with Gasteiger partial charge in [0.1, 0.15) is 11.2 Å². The molecule has 3 heteroatoms. The Bertz CT molecular complexity index is 3640. The van der Waals surface area contributed by atoms with Gasteiger partial charge >= 0.3 is 0 Å². The zero-order chi connectivity index (χ0) is 36.5. The summed E-state index contributed by atoms with van der Waals surface area (Å²) in [5.41, 5.74) is 16.3. The van der Waals surface area contributed by atoms with E-state index in [4.69, 9.17) is 4.42 Å². The molecule has 0 atom stereocenters. The highest BCUT2D eigenvalue weighted by Gasteiger charge is 2.24. The number of hydrogen-bond donors (Lipinski definition) is 0. The van der Waals surface area contributed by atoms with Crippen LogP contribution in [0.25, 0.3) is 126 Å². The van der Waals surface area contributed by atoms with Crippen LogP contribution in [0.3, 0.4) is 0 Å². The second kappa shape index (κ2) is 11.0. The molecule has 0 aliphatic heterocycles. The highest BCUT2D eigenvalue weighted by Crippen LogP contribution is 2.51. The van der Waals surface area contributed by atoms with Crippen LogP contribution in [0.15, 0.2) is 187 Å². The van der Waals surface area contributed by atoms with E-state index in [9.17, 15) is 0 Å². The molecule has 0 N–H and O–H groups in total. The minimum absolute atomic E-state index is 0.921. The molecule has 12 aromatic rings. The number of furan rings is 1. The highest BCUT2D eigenvalue weighted by atomic mass is 16.3. The summed E-state index contributed by atoms with van der Waals surface area (Å²) < 4.78 is 8.82. The molecule has 9 aromatic carbocycles. The second-order valence-electron chi connectivity index (χ2n) is 15.1. The van der Waals surface area contributed by atoms with Crippen molar-refractivity contribution in [3.8, 4) is 50.2 Å². The van der Waals surface area contributed by atoms with E-state index in [0.717, 1.165) is 49.7 Å². The number of rotatable bonds is 3. The lowest BCUT2D eigenvalue weighted by Crippen LogP contribution is -1.95. The SMILES string of the molecule is c1ccc2c(c1)oc1c(-c3ccc4cc5c(cc4c3)-c3ccc(-c4ccc(-n6c7ccccc7c7ccc8ncccc8c76)cc4)c4cccc-5c34)cccc12. The Labute approximate surface area is 321 Å². The van der Waals surface area contributed by atoms with E-state index in [1.807, 2.05) is 24.4 Å². The largest absolute Gasteiger partial charge is 0.455 e. The summed E-state index contributed by atoms with van der Waals surface area (Å²) in [5.74, 6) is 0. The van der Waals surface area contributed by atoms with Crippen LogP contribution in [0.4, 0.5) is 0 Å². The van der Waals surface area contributed by atoms with Gasteiger partial charge in [0, 0.05) is 44.4 Å². The molecule has 3 aromatic heterocycles. The van der Waals surface area contributed by atoms with E-state index in [0.29, 0.717) is 0 Å². The molecule has 0 spiro atoms. The molecule has 0 unspecified atom stereocenters. The van der Waals surface area contributed by atoms with Gasteiger partial charge in [-0.3, -0.25) is 4.98 Å². The molecule has 1 aliphatic carbocycles. The second-order valence-corrected chi connectivity index (χ2v) is 15.1. The molecular weight excluding hydrogens is 681 g/mol. The third kappa shape index (κ3) is 4.04. The van der Waals surface area contributed by atoms with Crippen molar-refractivity contribution in [2.24, 2.45) is 0 Å².